The molecule has 1 atom stereocenters. The predicted octanol–water partition coefficient (Wildman–Crippen LogP) is 16.4. The van der Waals surface area contributed by atoms with E-state index in [1.165, 1.54) is 77.0 Å². The van der Waals surface area contributed by atoms with Crippen molar-refractivity contribution in [2.24, 2.45) is 0 Å². The number of furan rings is 1. The topological polar surface area (TPSA) is 22.9 Å². The lowest BCUT2D eigenvalue weighted by molar-refractivity contribution is 0.443. The van der Waals surface area contributed by atoms with Crippen molar-refractivity contribution >= 4 is 62.2 Å². The van der Waals surface area contributed by atoms with Gasteiger partial charge in [-0.2, -0.15) is 0 Å². The van der Waals surface area contributed by atoms with Gasteiger partial charge in [0.15, 0.2) is 0 Å². The maximum atomic E-state index is 7.13. The minimum atomic E-state index is -0.0952. The summed E-state index contributed by atoms with van der Waals surface area (Å²) < 4.78 is 7.13. The van der Waals surface area contributed by atoms with Crippen molar-refractivity contribution < 1.29 is 4.42 Å². The predicted molar refractivity (Wildman–Crippen MR) is 252 cm³/mol. The first kappa shape index (κ1) is 35.6. The zero-order chi connectivity index (χ0) is 40.3. The molecule has 2 aliphatic heterocycles. The largest absolute Gasteiger partial charge is 0.458 e. The van der Waals surface area contributed by atoms with Gasteiger partial charge in [-0.05, 0) is 126 Å². The van der Waals surface area contributed by atoms with Gasteiger partial charge < -0.3 is 19.1 Å². The van der Waals surface area contributed by atoms with Crippen molar-refractivity contribution in [3.05, 3.63) is 223 Å². The Morgan fingerprint density at radius 3 is 1.80 bits per heavy atom. The van der Waals surface area contributed by atoms with Crippen LogP contribution in [0.2, 0.25) is 0 Å². The number of hydrogen-bond donors (Lipinski definition) is 0. The van der Waals surface area contributed by atoms with Gasteiger partial charge >= 0.3 is 0 Å². The van der Waals surface area contributed by atoms with E-state index in [9.17, 15) is 0 Å². The number of fused-ring (bicyclic) bond motifs is 6. The fourth-order valence-electron chi connectivity index (χ4n) is 10.4. The molecule has 1 unspecified atom stereocenters. The number of hydrogen-bond acceptors (Lipinski definition) is 4. The van der Waals surface area contributed by atoms with Crippen molar-refractivity contribution in [2.45, 2.75) is 43.9 Å². The second-order valence-corrected chi connectivity index (χ2v) is 16.7. The Balaban J connectivity index is 1.13. The van der Waals surface area contributed by atoms with Gasteiger partial charge in [-0.1, -0.05) is 135 Å². The first-order chi connectivity index (χ1) is 30.3. The number of nitrogens with zero attached hydrogens (tertiary/aromatic N) is 3. The molecule has 0 saturated heterocycles. The van der Waals surface area contributed by atoms with Gasteiger partial charge in [-0.25, -0.2) is 0 Å². The van der Waals surface area contributed by atoms with Gasteiger partial charge in [0.1, 0.15) is 11.3 Å². The molecule has 12 rings (SSSR count). The summed E-state index contributed by atoms with van der Waals surface area (Å²) >= 11 is 0. The SMILES string of the molecule is c1ccc(-c2cccc(N3c4cc(C5CCCCC5)cc5c4C(c4ccccc4N5c4cccc(N(c5ccccc5)c5ccccc5)c4)c4oc5ccccc5c43)c2)cc1. The lowest BCUT2D eigenvalue weighted by Crippen LogP contribution is -2.29. The molecule has 1 saturated carbocycles. The average molecular weight is 788 g/mol. The number of rotatable bonds is 7. The van der Waals surface area contributed by atoms with Gasteiger partial charge in [0, 0.05) is 39.4 Å². The normalized spacial score (nSPS) is 15.6. The van der Waals surface area contributed by atoms with Crippen LogP contribution in [0.15, 0.2) is 205 Å². The molecule has 0 bridgehead atoms. The third-order valence-electron chi connectivity index (χ3n) is 13.2. The quantitative estimate of drug-likeness (QED) is 0.160. The molecule has 4 heteroatoms. The maximum absolute atomic E-state index is 7.13. The van der Waals surface area contributed by atoms with E-state index in [1.807, 2.05) is 0 Å². The Hall–Kier alpha value is -7.30. The third-order valence-corrected chi connectivity index (χ3v) is 13.2. The highest BCUT2D eigenvalue weighted by Gasteiger charge is 2.44. The first-order valence-corrected chi connectivity index (χ1v) is 21.8. The van der Waals surface area contributed by atoms with Gasteiger partial charge in [-0.3, -0.25) is 0 Å². The molecule has 0 radical (unpaired) electrons. The molecule has 3 aliphatic rings. The zero-order valence-electron chi connectivity index (χ0n) is 34.0. The van der Waals surface area contributed by atoms with E-state index in [2.05, 4.69) is 215 Å². The second-order valence-electron chi connectivity index (χ2n) is 16.7. The van der Waals surface area contributed by atoms with Crippen molar-refractivity contribution in [3.63, 3.8) is 0 Å². The molecule has 61 heavy (non-hydrogen) atoms. The average Bonchev–Trinajstić information content (AvgIpc) is 3.72. The van der Waals surface area contributed by atoms with Gasteiger partial charge in [-0.15, -0.1) is 0 Å². The van der Waals surface area contributed by atoms with Crippen LogP contribution in [0, 0.1) is 0 Å². The van der Waals surface area contributed by atoms with Crippen LogP contribution in [-0.4, -0.2) is 0 Å². The summed E-state index contributed by atoms with van der Waals surface area (Å²) in [6, 6.07) is 73.0. The minimum absolute atomic E-state index is 0.0952. The molecule has 0 amide bonds. The van der Waals surface area contributed by atoms with E-state index in [0.717, 1.165) is 50.9 Å². The molecule has 1 fully saturated rings. The Morgan fingerprint density at radius 2 is 1.05 bits per heavy atom. The van der Waals surface area contributed by atoms with E-state index < -0.39 is 0 Å². The van der Waals surface area contributed by atoms with E-state index in [-0.39, 0.29) is 5.92 Å². The van der Waals surface area contributed by atoms with Crippen molar-refractivity contribution in [3.8, 4) is 11.1 Å². The number of benzene rings is 8. The maximum Gasteiger partial charge on any atom is 0.141 e. The highest BCUT2D eigenvalue weighted by Crippen LogP contribution is 2.63. The van der Waals surface area contributed by atoms with Crippen molar-refractivity contribution in [2.75, 3.05) is 14.7 Å². The fraction of sp³-hybridized carbons (Fsp3) is 0.123. The molecule has 0 N–H and O–H groups in total. The van der Waals surface area contributed by atoms with Crippen molar-refractivity contribution in [1.29, 1.82) is 0 Å². The van der Waals surface area contributed by atoms with Crippen LogP contribution in [-0.2, 0) is 0 Å². The van der Waals surface area contributed by atoms with Gasteiger partial charge in [0.2, 0.25) is 0 Å². The van der Waals surface area contributed by atoms with Gasteiger partial charge in [0.25, 0.3) is 0 Å². The van der Waals surface area contributed by atoms with Crippen LogP contribution in [0.4, 0.5) is 51.2 Å². The summed E-state index contributed by atoms with van der Waals surface area (Å²) in [5, 5.41) is 1.13. The van der Waals surface area contributed by atoms with Gasteiger partial charge in [0.05, 0.1) is 28.7 Å². The minimum Gasteiger partial charge on any atom is -0.458 e. The van der Waals surface area contributed by atoms with Crippen LogP contribution >= 0.6 is 0 Å². The van der Waals surface area contributed by atoms with Crippen molar-refractivity contribution in [1.82, 2.24) is 0 Å². The molecule has 1 aromatic heterocycles. The van der Waals surface area contributed by atoms with E-state index in [1.54, 1.807) is 0 Å². The van der Waals surface area contributed by atoms with Crippen LogP contribution in [0.5, 0.6) is 0 Å². The third kappa shape index (κ3) is 5.96. The Morgan fingerprint density at radius 1 is 0.459 bits per heavy atom. The van der Waals surface area contributed by atoms with E-state index >= 15 is 0 Å². The zero-order valence-corrected chi connectivity index (χ0v) is 34.0. The smallest absolute Gasteiger partial charge is 0.141 e. The molecule has 3 heterocycles. The summed E-state index contributed by atoms with van der Waals surface area (Å²) in [5.41, 5.74) is 17.6. The summed E-state index contributed by atoms with van der Waals surface area (Å²) in [4.78, 5) is 7.43. The summed E-state index contributed by atoms with van der Waals surface area (Å²) in [5.74, 6) is 1.39. The summed E-state index contributed by atoms with van der Waals surface area (Å²) in [7, 11) is 0. The van der Waals surface area contributed by atoms with E-state index in [0.29, 0.717) is 5.92 Å². The lowest BCUT2D eigenvalue weighted by Gasteiger charge is -2.44. The number of anilines is 9. The Bertz CT molecular complexity index is 3000. The second kappa shape index (κ2) is 14.8. The van der Waals surface area contributed by atoms with Crippen LogP contribution in [0.25, 0.3) is 22.1 Å². The van der Waals surface area contributed by atoms with Crippen LogP contribution < -0.4 is 14.7 Å². The molecule has 8 aromatic carbocycles. The van der Waals surface area contributed by atoms with E-state index in [4.69, 9.17) is 4.42 Å². The molecule has 4 nitrogen and oxygen atoms in total. The highest BCUT2D eigenvalue weighted by molar-refractivity contribution is 6.05. The Kier molecular flexibility index (Phi) is 8.62. The molecular weight excluding hydrogens is 743 g/mol. The summed E-state index contributed by atoms with van der Waals surface area (Å²) in [6.07, 6.45) is 6.26. The standard InChI is InChI=1S/C57H45N3O/c1-5-19-39(20-6-1)41-23-17-28-45(35-41)60-52-37-42(40-21-7-2-8-22-40)36-51-55(52)54(57-56(60)49-32-14-16-34-53(49)61-57)48-31-13-15-33-50(48)59(51)47-30-18-29-46(38-47)58(43-24-9-3-10-25-43)44-26-11-4-12-27-44/h1,3-6,9-20,23-38,40,54H,2,7-8,21-22H2. The molecule has 0 spiro atoms. The molecule has 1 aliphatic carbocycles. The monoisotopic (exact) mass is 787 g/mol. The highest BCUT2D eigenvalue weighted by atomic mass is 16.3. The van der Waals surface area contributed by atoms with Crippen LogP contribution in [0.1, 0.15) is 66.4 Å². The molecule has 9 aromatic rings. The summed E-state index contributed by atoms with van der Waals surface area (Å²) in [6.45, 7) is 0. The molecule has 294 valence electrons. The molecular formula is C57H45N3O. The first-order valence-electron chi connectivity index (χ1n) is 21.8. The fourth-order valence-corrected chi connectivity index (χ4v) is 10.4. The lowest BCUT2D eigenvalue weighted by atomic mass is 9.76. The Labute approximate surface area is 357 Å². The van der Waals surface area contributed by atoms with Crippen LogP contribution in [0.3, 0.4) is 0 Å². The number of para-hydroxylation sites is 4.